The molecule has 1 aromatic heterocycles. The highest BCUT2D eigenvalue weighted by Crippen LogP contribution is 2.46. The van der Waals surface area contributed by atoms with E-state index >= 15 is 0 Å². The standard InChI is InChI=1S/C18H23N5S.2C4H4O4/c19-22-13-11-21(12-14-22)9-4-10-23-15-5-1-2-6-16(15)24-17-7-3-8-20-18(17)23;2*5-3(6)1-2-4(7)8/h1-3,5-8H,4,9-14,19H2;2*1-2H,(H,5,6)(H,7,8)/b;2*2-1+. The molecule has 0 aliphatic carbocycles. The number of nitrogens with two attached hydrogens (primary N) is 1. The predicted octanol–water partition coefficient (Wildman–Crippen LogP) is -3.51. The van der Waals surface area contributed by atoms with Crippen LogP contribution in [-0.4, -0.2) is 78.3 Å². The molecule has 0 bridgehead atoms. The highest BCUT2D eigenvalue weighted by molar-refractivity contribution is 7.99. The van der Waals surface area contributed by atoms with Crippen LogP contribution in [0.5, 0.6) is 0 Å². The van der Waals surface area contributed by atoms with Crippen molar-refractivity contribution in [2.24, 2.45) is 5.84 Å². The molecule has 2 aliphatic rings. The Morgan fingerprint density at radius 3 is 2.02 bits per heavy atom. The molecule has 0 radical (unpaired) electrons. The number of nitrogens with zero attached hydrogens (tertiary/aromatic N) is 2. The van der Waals surface area contributed by atoms with E-state index in [2.05, 4.69) is 40.2 Å². The monoisotopic (exact) mass is 573 g/mol. The number of aliphatic carboxylic acids is 4. The van der Waals surface area contributed by atoms with E-state index in [1.54, 1.807) is 4.90 Å². The van der Waals surface area contributed by atoms with Gasteiger partial charge in [0.1, 0.15) is 32.0 Å². The molecule has 214 valence electrons. The summed E-state index contributed by atoms with van der Waals surface area (Å²) in [5.74, 6) is 1.43. The number of carboxylic acids is 4. The van der Waals surface area contributed by atoms with Crippen LogP contribution in [0.25, 0.3) is 0 Å². The number of carbonyl (C=O) groups is 4. The third kappa shape index (κ3) is 11.7. The Bertz CT molecular complexity index is 1120. The number of aromatic nitrogens is 1. The van der Waals surface area contributed by atoms with Crippen LogP contribution in [0, 0.1) is 0 Å². The molecule has 1 aromatic carbocycles. The molecule has 0 spiro atoms. The van der Waals surface area contributed by atoms with Gasteiger partial charge in [-0.25, -0.2) is 14.6 Å². The number of hydrogen-bond acceptors (Lipinski definition) is 10. The second-order valence-corrected chi connectivity index (χ2v) is 9.62. The van der Waals surface area contributed by atoms with E-state index in [9.17, 15) is 29.4 Å². The fourth-order valence-electron chi connectivity index (χ4n) is 3.83. The molecule has 0 atom stereocenters. The number of nitrogens with one attached hydrogen (secondary N) is 2. The third-order valence-electron chi connectivity index (χ3n) is 5.62. The van der Waals surface area contributed by atoms with Crippen LogP contribution in [0.3, 0.4) is 0 Å². The molecule has 14 heteroatoms. The summed E-state index contributed by atoms with van der Waals surface area (Å²) in [6, 6.07) is 12.8. The molecule has 3 heterocycles. The highest BCUT2D eigenvalue weighted by atomic mass is 32.2. The van der Waals surface area contributed by atoms with Gasteiger partial charge in [-0.05, 0) is 36.4 Å². The van der Waals surface area contributed by atoms with Crippen molar-refractivity contribution < 1.29 is 49.5 Å². The van der Waals surface area contributed by atoms with Gasteiger partial charge in [-0.2, -0.15) is 5.84 Å². The number of carbonyl (C=O) groups excluding carboxylic acids is 2. The van der Waals surface area contributed by atoms with Gasteiger partial charge in [0.05, 0.1) is 29.1 Å². The number of fused-ring (bicyclic) bond motifs is 2. The Morgan fingerprint density at radius 2 is 1.48 bits per heavy atom. The van der Waals surface area contributed by atoms with Gasteiger partial charge < -0.3 is 39.8 Å². The molecule has 0 saturated carbocycles. The Labute approximate surface area is 234 Å². The number of hydrogen-bond donors (Lipinski definition) is 5. The van der Waals surface area contributed by atoms with Crippen LogP contribution in [0.15, 0.2) is 76.7 Å². The molecule has 13 nitrogen and oxygen atoms in total. The minimum Gasteiger partial charge on any atom is -0.545 e. The molecule has 6 N–H and O–H groups in total. The second-order valence-electron chi connectivity index (χ2n) is 8.54. The summed E-state index contributed by atoms with van der Waals surface area (Å²) in [4.78, 5) is 49.2. The largest absolute Gasteiger partial charge is 0.545 e. The first-order valence-corrected chi connectivity index (χ1v) is 13.1. The van der Waals surface area contributed by atoms with Gasteiger partial charge in [-0.1, -0.05) is 23.9 Å². The van der Waals surface area contributed by atoms with E-state index in [-0.39, 0.29) is 0 Å². The lowest BCUT2D eigenvalue weighted by Gasteiger charge is -2.32. The maximum atomic E-state index is 9.53. The molecular formula is C26H31N5O8S. The van der Waals surface area contributed by atoms with E-state index in [0.29, 0.717) is 24.3 Å². The average molecular weight is 574 g/mol. The summed E-state index contributed by atoms with van der Waals surface area (Å²) in [7, 11) is 0. The van der Waals surface area contributed by atoms with Crippen molar-refractivity contribution in [1.82, 2.24) is 4.98 Å². The molecule has 40 heavy (non-hydrogen) atoms. The summed E-state index contributed by atoms with van der Waals surface area (Å²) in [6.45, 7) is 6.78. The van der Waals surface area contributed by atoms with Crippen molar-refractivity contribution in [2.45, 2.75) is 16.2 Å². The van der Waals surface area contributed by atoms with Crippen molar-refractivity contribution in [2.75, 3.05) is 44.2 Å². The minimum atomic E-state index is -1.51. The van der Waals surface area contributed by atoms with Crippen molar-refractivity contribution in [3.63, 3.8) is 0 Å². The van der Waals surface area contributed by atoms with Gasteiger partial charge in [0.25, 0.3) is 0 Å². The predicted molar refractivity (Wildman–Crippen MR) is 140 cm³/mol. The number of carboxylic acid groups (broad SMARTS) is 4. The lowest BCUT2D eigenvalue weighted by Crippen LogP contribution is -3.30. The van der Waals surface area contributed by atoms with E-state index in [4.69, 9.17) is 16.1 Å². The average Bonchev–Trinajstić information content (AvgIpc) is 2.92. The zero-order chi connectivity index (χ0) is 29.5. The van der Waals surface area contributed by atoms with Crippen molar-refractivity contribution in [3.05, 3.63) is 66.9 Å². The first-order chi connectivity index (χ1) is 19.1. The van der Waals surface area contributed by atoms with Crippen LogP contribution in [0.4, 0.5) is 11.5 Å². The molecular weight excluding hydrogens is 542 g/mol. The maximum absolute atomic E-state index is 9.53. The number of piperazine rings is 1. The SMILES string of the molecule is N[NH+]1CC[NH+](CCCN2c3ccccc3Sc3cccnc32)CC1.O=C([O-])/C=C/C(=O)O.O=C([O-])/C=C/C(=O)O. The number of quaternary nitrogens is 2. The Kier molecular flexibility index (Phi) is 13.3. The van der Waals surface area contributed by atoms with Gasteiger partial charge >= 0.3 is 11.9 Å². The number of para-hydroxylation sites is 1. The normalized spacial score (nSPS) is 17.5. The highest BCUT2D eigenvalue weighted by Gasteiger charge is 2.25. The van der Waals surface area contributed by atoms with Crippen LogP contribution in [-0.2, 0) is 19.2 Å². The van der Waals surface area contributed by atoms with Crippen molar-refractivity contribution in [1.29, 1.82) is 0 Å². The van der Waals surface area contributed by atoms with E-state index in [0.717, 1.165) is 25.5 Å². The quantitative estimate of drug-likeness (QED) is 0.154. The first kappa shape index (κ1) is 32.0. The zero-order valence-electron chi connectivity index (χ0n) is 21.5. The third-order valence-corrected chi connectivity index (χ3v) is 6.72. The summed E-state index contributed by atoms with van der Waals surface area (Å²) in [6.07, 6.45) is 4.95. The summed E-state index contributed by atoms with van der Waals surface area (Å²) in [5.41, 5.74) is 1.29. The van der Waals surface area contributed by atoms with Crippen LogP contribution >= 0.6 is 11.8 Å². The molecule has 1 fully saturated rings. The molecule has 1 saturated heterocycles. The lowest BCUT2D eigenvalue weighted by atomic mass is 10.2. The fourth-order valence-corrected chi connectivity index (χ4v) is 4.90. The first-order valence-electron chi connectivity index (χ1n) is 12.2. The van der Waals surface area contributed by atoms with Crippen molar-refractivity contribution >= 4 is 47.1 Å². The van der Waals surface area contributed by atoms with E-state index in [1.807, 2.05) is 24.0 Å². The minimum absolute atomic E-state index is 0.447. The van der Waals surface area contributed by atoms with Gasteiger partial charge in [-0.3, -0.25) is 5.01 Å². The molecule has 0 unspecified atom stereocenters. The Balaban J connectivity index is 0.000000290. The van der Waals surface area contributed by atoms with Gasteiger partial charge in [0.2, 0.25) is 0 Å². The number of pyridine rings is 1. The van der Waals surface area contributed by atoms with Crippen LogP contribution in [0.1, 0.15) is 6.42 Å². The Morgan fingerprint density at radius 1 is 0.900 bits per heavy atom. The van der Waals surface area contributed by atoms with Gasteiger partial charge in [0, 0.05) is 36.2 Å². The number of rotatable bonds is 8. The van der Waals surface area contributed by atoms with Crippen molar-refractivity contribution in [3.8, 4) is 0 Å². The Hall–Kier alpha value is -4.24. The van der Waals surface area contributed by atoms with E-state index in [1.165, 1.54) is 46.5 Å². The summed E-state index contributed by atoms with van der Waals surface area (Å²) >= 11 is 1.82. The van der Waals surface area contributed by atoms with Crippen LogP contribution in [0.2, 0.25) is 0 Å². The van der Waals surface area contributed by atoms with Gasteiger partial charge in [-0.15, -0.1) is 0 Å². The maximum Gasteiger partial charge on any atom is 0.328 e. The summed E-state index contributed by atoms with van der Waals surface area (Å²) in [5, 5.41) is 35.6. The van der Waals surface area contributed by atoms with Gasteiger partial charge in [0.15, 0.2) is 0 Å². The van der Waals surface area contributed by atoms with E-state index < -0.39 is 23.9 Å². The lowest BCUT2D eigenvalue weighted by molar-refractivity contribution is -1.02. The number of benzene rings is 1. The molecule has 0 amide bonds. The summed E-state index contributed by atoms with van der Waals surface area (Å²) < 4.78 is 0. The smallest absolute Gasteiger partial charge is 0.328 e. The topological polar surface area (TPSA) is 206 Å². The molecule has 2 aliphatic heterocycles. The van der Waals surface area contributed by atoms with Crippen LogP contribution < -0.4 is 30.9 Å². The fraction of sp³-hybridized carbons (Fsp3) is 0.269. The molecule has 2 aromatic rings. The second kappa shape index (κ2) is 16.7. The molecule has 4 rings (SSSR count). The zero-order valence-corrected chi connectivity index (χ0v) is 22.3. The number of anilines is 2.